The zero-order chi connectivity index (χ0) is 13.1. The number of carbonyl (C=O) groups excluding carboxylic acids is 2. The molecule has 0 spiro atoms. The molecule has 0 saturated heterocycles. The summed E-state index contributed by atoms with van der Waals surface area (Å²) in [7, 11) is 0. The Balaban J connectivity index is -0.000000218. The quantitative estimate of drug-likeness (QED) is 0.617. The summed E-state index contributed by atoms with van der Waals surface area (Å²) in [5.41, 5.74) is 0. The normalized spacial score (nSPS) is 9.29. The molecule has 0 aliphatic carbocycles. The molecule has 0 unspecified atom stereocenters. The molecule has 0 aromatic heterocycles. The largest absolute Gasteiger partial charge is 2.00 e. The van der Waals surface area contributed by atoms with Crippen molar-refractivity contribution in [2.24, 2.45) is 11.8 Å². The Morgan fingerprint density at radius 2 is 0.941 bits per heavy atom. The molecule has 0 radical (unpaired) electrons. The van der Waals surface area contributed by atoms with E-state index in [1.165, 1.54) is 0 Å². The summed E-state index contributed by atoms with van der Waals surface area (Å²) in [5.74, 6) is -2.32. The van der Waals surface area contributed by atoms with Gasteiger partial charge in [0.2, 0.25) is 0 Å². The number of carboxylic acid groups (broad SMARTS) is 2. The van der Waals surface area contributed by atoms with Crippen LogP contribution in [0.1, 0.15) is 53.4 Å². The SMILES string of the molecule is CCC(CC)C(=O)[O-].CCC(CC)C(=O)[O-].[Ba+2]. The monoisotopic (exact) mass is 368 g/mol. The summed E-state index contributed by atoms with van der Waals surface area (Å²) >= 11 is 0. The molecule has 0 aliphatic heterocycles. The third-order valence-corrected chi connectivity index (χ3v) is 2.64. The van der Waals surface area contributed by atoms with E-state index < -0.39 is 11.9 Å². The standard InChI is InChI=1S/2C6H12O2.Ba/c2*1-3-5(4-2)6(7)8;/h2*5H,3-4H2,1-2H3,(H,7,8);/q;;+2/p-2. The topological polar surface area (TPSA) is 80.3 Å². The van der Waals surface area contributed by atoms with E-state index in [2.05, 4.69) is 0 Å². The molecule has 0 aromatic rings. The second-order valence-electron chi connectivity index (χ2n) is 3.66. The smallest absolute Gasteiger partial charge is 0.550 e. The number of hydrogen-bond acceptors (Lipinski definition) is 4. The summed E-state index contributed by atoms with van der Waals surface area (Å²) in [4.78, 5) is 20.1. The van der Waals surface area contributed by atoms with Crippen LogP contribution in [0.25, 0.3) is 0 Å². The number of aliphatic carboxylic acids is 2. The maximum Gasteiger partial charge on any atom is 2.00 e. The minimum atomic E-state index is -0.921. The summed E-state index contributed by atoms with van der Waals surface area (Å²) in [6.45, 7) is 7.40. The molecule has 4 nitrogen and oxygen atoms in total. The van der Waals surface area contributed by atoms with Crippen LogP contribution in [0.15, 0.2) is 0 Å². The molecular weight excluding hydrogens is 345 g/mol. The Kier molecular flexibility index (Phi) is 19.4. The molecule has 0 aromatic carbocycles. The first-order valence-corrected chi connectivity index (χ1v) is 5.86. The molecule has 0 fully saturated rings. The molecule has 5 heteroatoms. The van der Waals surface area contributed by atoms with Crippen LogP contribution in [0.3, 0.4) is 0 Å². The van der Waals surface area contributed by atoms with Crippen LogP contribution in [0, 0.1) is 11.8 Å². The molecular formula is C12H22BaO4. The van der Waals surface area contributed by atoms with Gasteiger partial charge in [0, 0.05) is 11.9 Å². The van der Waals surface area contributed by atoms with Crippen molar-refractivity contribution >= 4 is 60.8 Å². The predicted octanol–water partition coefficient (Wildman–Crippen LogP) is -0.0358. The number of rotatable bonds is 6. The fraction of sp³-hybridized carbons (Fsp3) is 0.833. The second-order valence-corrected chi connectivity index (χ2v) is 3.66. The average molecular weight is 368 g/mol. The Hall–Kier alpha value is 0.511. The molecule has 0 rings (SSSR count). The van der Waals surface area contributed by atoms with Crippen LogP contribution >= 0.6 is 0 Å². The minimum Gasteiger partial charge on any atom is -0.550 e. The van der Waals surface area contributed by atoms with Gasteiger partial charge >= 0.3 is 48.9 Å². The van der Waals surface area contributed by atoms with Crippen molar-refractivity contribution in [3.63, 3.8) is 0 Å². The Labute approximate surface area is 144 Å². The Bertz CT molecular complexity index is 177. The number of hydrogen-bond donors (Lipinski definition) is 0. The Morgan fingerprint density at radius 3 is 0.941 bits per heavy atom. The van der Waals surface area contributed by atoms with Gasteiger partial charge < -0.3 is 19.8 Å². The van der Waals surface area contributed by atoms with Gasteiger partial charge in [-0.25, -0.2) is 0 Å². The first-order valence-electron chi connectivity index (χ1n) is 5.86. The van der Waals surface area contributed by atoms with Gasteiger partial charge in [-0.2, -0.15) is 0 Å². The summed E-state index contributed by atoms with van der Waals surface area (Å²) < 4.78 is 0. The van der Waals surface area contributed by atoms with Crippen molar-refractivity contribution in [1.82, 2.24) is 0 Å². The molecule has 0 N–H and O–H groups in total. The second kappa shape index (κ2) is 14.6. The van der Waals surface area contributed by atoms with Gasteiger partial charge in [0.15, 0.2) is 0 Å². The van der Waals surface area contributed by atoms with E-state index >= 15 is 0 Å². The van der Waals surface area contributed by atoms with Crippen LogP contribution in [0.4, 0.5) is 0 Å². The first kappa shape index (κ1) is 22.7. The first-order chi connectivity index (χ1) is 7.44. The molecule has 0 heterocycles. The molecule has 0 saturated carbocycles. The summed E-state index contributed by atoms with van der Waals surface area (Å²) in [6, 6.07) is 0. The molecule has 0 aliphatic rings. The van der Waals surface area contributed by atoms with Gasteiger partial charge in [0.25, 0.3) is 0 Å². The van der Waals surface area contributed by atoms with E-state index in [-0.39, 0.29) is 60.7 Å². The van der Waals surface area contributed by atoms with E-state index in [4.69, 9.17) is 0 Å². The van der Waals surface area contributed by atoms with Crippen molar-refractivity contribution < 1.29 is 19.8 Å². The third kappa shape index (κ3) is 12.8. The van der Waals surface area contributed by atoms with Crippen molar-refractivity contribution in [3.8, 4) is 0 Å². The van der Waals surface area contributed by atoms with E-state index in [1.54, 1.807) is 0 Å². The third-order valence-electron chi connectivity index (χ3n) is 2.64. The minimum absolute atomic E-state index is 0. The van der Waals surface area contributed by atoms with Gasteiger partial charge in [-0.05, 0) is 37.5 Å². The predicted molar refractivity (Wildman–Crippen MR) is 63.9 cm³/mol. The molecule has 0 amide bonds. The van der Waals surface area contributed by atoms with E-state index in [0.717, 1.165) is 0 Å². The van der Waals surface area contributed by atoms with Gasteiger partial charge in [-0.1, -0.05) is 27.7 Å². The van der Waals surface area contributed by atoms with E-state index in [0.29, 0.717) is 25.7 Å². The fourth-order valence-electron chi connectivity index (χ4n) is 1.24. The maximum absolute atomic E-state index is 10.1. The van der Waals surface area contributed by atoms with E-state index in [1.807, 2.05) is 27.7 Å². The zero-order valence-corrected chi connectivity index (χ0v) is 15.8. The zero-order valence-electron chi connectivity index (χ0n) is 11.3. The maximum atomic E-state index is 10.1. The molecule has 17 heavy (non-hydrogen) atoms. The van der Waals surface area contributed by atoms with Gasteiger partial charge in [0.1, 0.15) is 0 Å². The van der Waals surface area contributed by atoms with Crippen molar-refractivity contribution in [1.29, 1.82) is 0 Å². The molecule has 0 atom stereocenters. The van der Waals surface area contributed by atoms with Crippen LogP contribution in [-0.4, -0.2) is 60.8 Å². The van der Waals surface area contributed by atoms with Gasteiger partial charge in [-0.15, -0.1) is 0 Å². The molecule has 0 bridgehead atoms. The fourth-order valence-corrected chi connectivity index (χ4v) is 1.24. The van der Waals surface area contributed by atoms with Gasteiger partial charge in [0.05, 0.1) is 0 Å². The van der Waals surface area contributed by atoms with E-state index in [9.17, 15) is 19.8 Å². The van der Waals surface area contributed by atoms with Crippen LogP contribution in [0.5, 0.6) is 0 Å². The average Bonchev–Trinajstić information content (AvgIpc) is 2.21. The van der Waals surface area contributed by atoms with Crippen molar-refractivity contribution in [3.05, 3.63) is 0 Å². The Morgan fingerprint density at radius 1 is 0.765 bits per heavy atom. The number of carbonyl (C=O) groups is 2. The van der Waals surface area contributed by atoms with Crippen LogP contribution < -0.4 is 10.2 Å². The van der Waals surface area contributed by atoms with Gasteiger partial charge in [-0.3, -0.25) is 0 Å². The van der Waals surface area contributed by atoms with Crippen LogP contribution in [-0.2, 0) is 9.59 Å². The summed E-state index contributed by atoms with van der Waals surface area (Å²) in [6.07, 6.45) is 2.72. The number of carboxylic acids is 2. The van der Waals surface area contributed by atoms with Crippen LogP contribution in [0.2, 0.25) is 0 Å². The van der Waals surface area contributed by atoms with Crippen molar-refractivity contribution in [2.45, 2.75) is 53.4 Å². The molecule has 96 valence electrons. The summed E-state index contributed by atoms with van der Waals surface area (Å²) in [5, 5.41) is 20.1. The van der Waals surface area contributed by atoms with Crippen molar-refractivity contribution in [2.75, 3.05) is 0 Å².